The van der Waals surface area contributed by atoms with Gasteiger partial charge in [0.2, 0.25) is 0 Å². The van der Waals surface area contributed by atoms with Crippen LogP contribution >= 0.6 is 0 Å². The van der Waals surface area contributed by atoms with Gasteiger partial charge in [0, 0.05) is 0 Å². The van der Waals surface area contributed by atoms with Gasteiger partial charge < -0.3 is 14.7 Å². The van der Waals surface area contributed by atoms with E-state index in [-0.39, 0.29) is 22.3 Å². The third-order valence-corrected chi connectivity index (χ3v) is 7.20. The summed E-state index contributed by atoms with van der Waals surface area (Å²) < 4.78 is 6.20. The summed E-state index contributed by atoms with van der Waals surface area (Å²) in [5.74, 6) is -0.311. The fourth-order valence-electron chi connectivity index (χ4n) is 5.08. The average Bonchev–Trinajstić information content (AvgIpc) is 2.79. The molecular formula is C29H41NO4. The zero-order valence-corrected chi connectivity index (χ0v) is 21.7. The minimum atomic E-state index is -0.930. The van der Waals surface area contributed by atoms with E-state index in [0.29, 0.717) is 13.2 Å². The number of allylic oxidation sites excluding steroid dienone is 4. The van der Waals surface area contributed by atoms with E-state index in [4.69, 9.17) is 14.7 Å². The molecule has 0 radical (unpaired) electrons. The maximum absolute atomic E-state index is 11.4. The number of hydrogen-bond acceptors (Lipinski definition) is 4. The van der Waals surface area contributed by atoms with Crippen LogP contribution in [0.5, 0.6) is 0 Å². The molecule has 0 aromatic heterocycles. The Bertz CT molecular complexity index is 966. The first-order valence-corrected chi connectivity index (χ1v) is 12.8. The lowest BCUT2D eigenvalue weighted by Gasteiger charge is -2.46. The molecule has 0 fully saturated rings. The van der Waals surface area contributed by atoms with E-state index in [1.807, 2.05) is 19.1 Å². The summed E-state index contributed by atoms with van der Waals surface area (Å²) in [6.45, 7) is 14.5. The summed E-state index contributed by atoms with van der Waals surface area (Å²) in [6.07, 6.45) is 8.89. The van der Waals surface area contributed by atoms with E-state index >= 15 is 0 Å². The lowest BCUT2D eigenvalue weighted by atomic mass is 9.58. The predicted octanol–water partition coefficient (Wildman–Crippen LogP) is 7.50. The van der Waals surface area contributed by atoms with E-state index in [2.05, 4.69) is 40.7 Å². The quantitative estimate of drug-likeness (QED) is 0.286. The fraction of sp³-hybridized carbons (Fsp3) is 0.586. The van der Waals surface area contributed by atoms with Gasteiger partial charge in [-0.05, 0) is 78.4 Å². The van der Waals surface area contributed by atoms with Gasteiger partial charge in [0.15, 0.2) is 0 Å². The molecule has 0 spiro atoms. The molecule has 0 saturated carbocycles. The van der Waals surface area contributed by atoms with Crippen LogP contribution in [0.1, 0.15) is 102 Å². The van der Waals surface area contributed by atoms with Gasteiger partial charge in [-0.1, -0.05) is 64.7 Å². The molecule has 0 aliphatic heterocycles. The van der Waals surface area contributed by atoms with Crippen molar-refractivity contribution in [1.82, 2.24) is 0 Å². The maximum Gasteiger partial charge on any atom is 0.335 e. The standard InChI is InChI=1S/C29H41NO4/c1-7-9-10-11-18-34-30-26-24(20-12-14-21(15-13-20)27(31)32)23(33-8-2)19-22-25(26)29(5,6)17-16-28(22,3)4/h12-15,19,24H,7-11,16-18H2,1-6H3,(H,31,32). The second-order valence-electron chi connectivity index (χ2n) is 10.8. The normalized spacial score (nSPS) is 22.2. The Hall–Kier alpha value is -2.56. The van der Waals surface area contributed by atoms with E-state index < -0.39 is 5.97 Å². The topological polar surface area (TPSA) is 68.1 Å². The molecule has 3 rings (SSSR count). The van der Waals surface area contributed by atoms with Gasteiger partial charge >= 0.3 is 5.97 Å². The summed E-state index contributed by atoms with van der Waals surface area (Å²) in [7, 11) is 0. The van der Waals surface area contributed by atoms with Crippen molar-refractivity contribution in [2.24, 2.45) is 16.0 Å². The zero-order chi connectivity index (χ0) is 24.9. The molecule has 5 heteroatoms. The van der Waals surface area contributed by atoms with Crippen LogP contribution < -0.4 is 0 Å². The molecule has 1 unspecified atom stereocenters. The number of unbranched alkanes of at least 4 members (excludes halogenated alkanes) is 3. The minimum Gasteiger partial charge on any atom is -0.497 e. The van der Waals surface area contributed by atoms with Crippen LogP contribution in [0.3, 0.4) is 0 Å². The van der Waals surface area contributed by atoms with Gasteiger partial charge in [0.1, 0.15) is 12.4 Å². The molecule has 1 aromatic rings. The molecule has 1 atom stereocenters. The van der Waals surface area contributed by atoms with Crippen molar-refractivity contribution in [2.75, 3.05) is 13.2 Å². The highest BCUT2D eigenvalue weighted by Crippen LogP contribution is 2.54. The Morgan fingerprint density at radius 2 is 1.71 bits per heavy atom. The zero-order valence-electron chi connectivity index (χ0n) is 21.7. The molecule has 34 heavy (non-hydrogen) atoms. The summed E-state index contributed by atoms with van der Waals surface area (Å²) in [5.41, 5.74) is 4.61. The van der Waals surface area contributed by atoms with Crippen LogP contribution in [0.2, 0.25) is 0 Å². The number of benzene rings is 1. The maximum atomic E-state index is 11.4. The minimum absolute atomic E-state index is 0.00718. The van der Waals surface area contributed by atoms with Gasteiger partial charge in [-0.15, -0.1) is 0 Å². The Morgan fingerprint density at radius 3 is 2.32 bits per heavy atom. The van der Waals surface area contributed by atoms with Gasteiger partial charge in [0.25, 0.3) is 0 Å². The molecule has 1 N–H and O–H groups in total. The highest BCUT2D eigenvalue weighted by atomic mass is 16.6. The second-order valence-corrected chi connectivity index (χ2v) is 10.8. The average molecular weight is 468 g/mol. The lowest BCUT2D eigenvalue weighted by Crippen LogP contribution is -2.39. The SMILES string of the molecule is CCCCCCON=C1C2=C(C=C(OCC)C1c1ccc(C(=O)O)cc1)C(C)(C)CCC2(C)C. The Balaban J connectivity index is 2.11. The Morgan fingerprint density at radius 1 is 1.03 bits per heavy atom. The summed E-state index contributed by atoms with van der Waals surface area (Å²) in [5, 5.41) is 14.2. The van der Waals surface area contributed by atoms with Gasteiger partial charge in [-0.2, -0.15) is 0 Å². The number of aromatic carboxylic acids is 1. The van der Waals surface area contributed by atoms with Crippen LogP contribution in [-0.4, -0.2) is 30.0 Å². The van der Waals surface area contributed by atoms with Crippen molar-refractivity contribution >= 4 is 11.7 Å². The number of oxime groups is 1. The summed E-state index contributed by atoms with van der Waals surface area (Å²) in [4.78, 5) is 17.4. The van der Waals surface area contributed by atoms with Crippen molar-refractivity contribution in [1.29, 1.82) is 0 Å². The van der Waals surface area contributed by atoms with Gasteiger partial charge in [-0.25, -0.2) is 4.79 Å². The van der Waals surface area contributed by atoms with Crippen molar-refractivity contribution in [3.63, 3.8) is 0 Å². The van der Waals surface area contributed by atoms with Crippen molar-refractivity contribution in [3.05, 3.63) is 58.4 Å². The van der Waals surface area contributed by atoms with E-state index in [9.17, 15) is 9.90 Å². The van der Waals surface area contributed by atoms with Crippen LogP contribution in [-0.2, 0) is 9.57 Å². The number of rotatable bonds is 10. The molecular weight excluding hydrogens is 426 g/mol. The van der Waals surface area contributed by atoms with E-state index in [0.717, 1.165) is 42.7 Å². The predicted molar refractivity (Wildman–Crippen MR) is 137 cm³/mol. The third-order valence-electron chi connectivity index (χ3n) is 7.20. The Kier molecular flexibility index (Phi) is 8.27. The molecule has 0 bridgehead atoms. The lowest BCUT2D eigenvalue weighted by molar-refractivity contribution is 0.0697. The number of hydrogen-bond donors (Lipinski definition) is 1. The van der Waals surface area contributed by atoms with E-state index in [1.165, 1.54) is 24.0 Å². The van der Waals surface area contributed by atoms with Crippen molar-refractivity contribution in [2.45, 2.75) is 86.0 Å². The molecule has 1 aromatic carbocycles. The summed E-state index contributed by atoms with van der Waals surface area (Å²) in [6, 6.07) is 7.07. The van der Waals surface area contributed by atoms with Gasteiger partial charge in [-0.3, -0.25) is 0 Å². The largest absolute Gasteiger partial charge is 0.497 e. The second kappa shape index (κ2) is 10.8. The first-order chi connectivity index (χ1) is 16.1. The number of carboxylic acid groups (broad SMARTS) is 1. The van der Waals surface area contributed by atoms with Gasteiger partial charge in [0.05, 0.1) is 23.8 Å². The Labute approximate surface area is 204 Å². The molecule has 2 aliphatic carbocycles. The van der Waals surface area contributed by atoms with Crippen LogP contribution in [0.25, 0.3) is 0 Å². The molecule has 186 valence electrons. The summed E-state index contributed by atoms with van der Waals surface area (Å²) >= 11 is 0. The number of ether oxygens (including phenoxy) is 1. The van der Waals surface area contributed by atoms with E-state index in [1.54, 1.807) is 12.1 Å². The van der Waals surface area contributed by atoms with Crippen LogP contribution in [0.15, 0.2) is 52.4 Å². The number of carboxylic acids is 1. The highest BCUT2D eigenvalue weighted by Gasteiger charge is 2.46. The fourth-order valence-corrected chi connectivity index (χ4v) is 5.08. The molecule has 0 amide bonds. The highest BCUT2D eigenvalue weighted by molar-refractivity contribution is 6.09. The van der Waals surface area contributed by atoms with Crippen molar-refractivity contribution in [3.8, 4) is 0 Å². The molecule has 5 nitrogen and oxygen atoms in total. The first kappa shape index (κ1) is 26.1. The molecule has 0 heterocycles. The third kappa shape index (κ3) is 5.56. The first-order valence-electron chi connectivity index (χ1n) is 12.8. The monoisotopic (exact) mass is 467 g/mol. The number of nitrogens with zero attached hydrogens (tertiary/aromatic N) is 1. The van der Waals surface area contributed by atoms with Crippen LogP contribution in [0.4, 0.5) is 0 Å². The number of carbonyl (C=O) groups is 1. The molecule has 0 saturated heterocycles. The van der Waals surface area contributed by atoms with Crippen LogP contribution in [0, 0.1) is 10.8 Å². The van der Waals surface area contributed by atoms with Crippen molar-refractivity contribution < 1.29 is 19.5 Å². The molecule has 2 aliphatic rings. The smallest absolute Gasteiger partial charge is 0.335 e.